The molecule has 0 bridgehead atoms. The molecule has 0 aliphatic rings. The Balaban J connectivity index is -0.000000112. The molecule has 0 saturated carbocycles. The maximum Gasteiger partial charge on any atom is -0.0533 e. The van der Waals surface area contributed by atoms with Crippen LogP contribution in [-0.4, -0.2) is 0 Å². The summed E-state index contributed by atoms with van der Waals surface area (Å²) in [7, 11) is 0. The van der Waals surface area contributed by atoms with Crippen molar-refractivity contribution in [3.8, 4) is 0 Å². The van der Waals surface area contributed by atoms with Crippen molar-refractivity contribution in [2.45, 2.75) is 158 Å². The van der Waals surface area contributed by atoms with Gasteiger partial charge in [-0.25, -0.2) is 0 Å². The average molecular weight is 345 g/mol. The van der Waals surface area contributed by atoms with Crippen LogP contribution in [0.4, 0.5) is 0 Å². The third-order valence-electron chi connectivity index (χ3n) is 3.83. The monoisotopic (exact) mass is 344 g/mol. The van der Waals surface area contributed by atoms with E-state index in [1.54, 1.807) is 0 Å². The summed E-state index contributed by atoms with van der Waals surface area (Å²) in [6, 6.07) is 0. The lowest BCUT2D eigenvalue weighted by Gasteiger charge is -1.90. The first kappa shape index (κ1) is 31.7. The van der Waals surface area contributed by atoms with E-state index in [9.17, 15) is 0 Å². The Labute approximate surface area is 158 Å². The van der Waals surface area contributed by atoms with Crippen molar-refractivity contribution in [3.63, 3.8) is 0 Å². The first-order valence-electron chi connectivity index (χ1n) is 11.7. The average Bonchev–Trinajstić information content (AvgIpc) is 2.61. The topological polar surface area (TPSA) is 0 Å². The molecule has 0 aromatic heterocycles. The van der Waals surface area contributed by atoms with Crippen molar-refractivity contribution in [2.75, 3.05) is 0 Å². The van der Waals surface area contributed by atoms with Crippen LogP contribution in [0.2, 0.25) is 0 Å². The van der Waals surface area contributed by atoms with Crippen LogP contribution in [0.1, 0.15) is 158 Å². The zero-order chi connectivity index (χ0) is 19.3. The molecule has 0 heteroatoms. The SMILES string of the molecule is CCCCC.CCCCCC.CCCCCC.CCCCCCC. The van der Waals surface area contributed by atoms with Crippen molar-refractivity contribution in [3.05, 3.63) is 0 Å². The predicted octanol–water partition coefficient (Wildman–Crippen LogP) is 10.3. The third-order valence-corrected chi connectivity index (χ3v) is 3.83. The van der Waals surface area contributed by atoms with Crippen LogP contribution in [0.5, 0.6) is 0 Å². The summed E-state index contributed by atoms with van der Waals surface area (Å²) < 4.78 is 0. The smallest absolute Gasteiger partial charge is 0.0533 e. The van der Waals surface area contributed by atoms with Crippen LogP contribution in [0.25, 0.3) is 0 Å². The van der Waals surface area contributed by atoms with Crippen LogP contribution >= 0.6 is 0 Å². The van der Waals surface area contributed by atoms with Crippen molar-refractivity contribution in [1.82, 2.24) is 0 Å². The van der Waals surface area contributed by atoms with Crippen molar-refractivity contribution < 1.29 is 0 Å². The number of hydrogen-bond donors (Lipinski definition) is 0. The van der Waals surface area contributed by atoms with Gasteiger partial charge in [0.1, 0.15) is 0 Å². The zero-order valence-corrected chi connectivity index (χ0v) is 19.3. The fraction of sp³-hybridized carbons (Fsp3) is 1.00. The highest BCUT2D eigenvalue weighted by Gasteiger charge is 1.80. The van der Waals surface area contributed by atoms with E-state index in [4.69, 9.17) is 0 Å². The van der Waals surface area contributed by atoms with Gasteiger partial charge in [-0.3, -0.25) is 0 Å². The lowest BCUT2D eigenvalue weighted by atomic mass is 10.2. The molecule has 0 fully saturated rings. The van der Waals surface area contributed by atoms with Gasteiger partial charge in [0.2, 0.25) is 0 Å². The predicted molar refractivity (Wildman–Crippen MR) is 119 cm³/mol. The minimum absolute atomic E-state index is 1.34. The molecule has 0 aliphatic carbocycles. The summed E-state index contributed by atoms with van der Waals surface area (Å²) in [6.07, 6.45) is 22.2. The normalized spacial score (nSPS) is 9.00. The van der Waals surface area contributed by atoms with Crippen LogP contribution in [0, 0.1) is 0 Å². The molecule has 0 nitrogen and oxygen atoms in total. The van der Waals surface area contributed by atoms with Gasteiger partial charge in [-0.2, -0.15) is 0 Å². The Morgan fingerprint density at radius 1 is 0.208 bits per heavy atom. The quantitative estimate of drug-likeness (QED) is 0.309. The summed E-state index contributed by atoms with van der Waals surface area (Å²) in [5.74, 6) is 0. The summed E-state index contributed by atoms with van der Waals surface area (Å²) in [5.41, 5.74) is 0. The van der Waals surface area contributed by atoms with E-state index < -0.39 is 0 Å². The molecule has 0 saturated heterocycles. The molecule has 0 atom stereocenters. The van der Waals surface area contributed by atoms with Gasteiger partial charge in [0.15, 0.2) is 0 Å². The van der Waals surface area contributed by atoms with Gasteiger partial charge in [0, 0.05) is 0 Å². The van der Waals surface area contributed by atoms with Gasteiger partial charge in [0.25, 0.3) is 0 Å². The maximum atomic E-state index is 2.25. The standard InChI is InChI=1S/C7H16.2C6H14.C5H12/c1-3-5-7-6-4-2;2*1-3-5-6-4-2;1-3-5-4-2/h3-7H2,1-2H3;2*3-6H2,1-2H3;3-5H2,1-2H3. The van der Waals surface area contributed by atoms with E-state index in [0.717, 1.165) is 0 Å². The Morgan fingerprint density at radius 3 is 0.500 bits per heavy atom. The molecule has 0 spiro atoms. The molecule has 0 aromatic carbocycles. The summed E-state index contributed by atoms with van der Waals surface area (Å²) >= 11 is 0. The Hall–Kier alpha value is 0. The van der Waals surface area contributed by atoms with Gasteiger partial charge >= 0.3 is 0 Å². The number of unbranched alkanes of at least 4 members (excludes halogenated alkanes) is 12. The van der Waals surface area contributed by atoms with Crippen molar-refractivity contribution in [2.24, 2.45) is 0 Å². The van der Waals surface area contributed by atoms with E-state index in [1.165, 1.54) is 103 Å². The van der Waals surface area contributed by atoms with Gasteiger partial charge < -0.3 is 0 Å². The van der Waals surface area contributed by atoms with E-state index in [0.29, 0.717) is 0 Å². The van der Waals surface area contributed by atoms with E-state index in [1.807, 2.05) is 0 Å². The van der Waals surface area contributed by atoms with E-state index in [2.05, 4.69) is 55.4 Å². The van der Waals surface area contributed by atoms with Gasteiger partial charge in [-0.05, 0) is 0 Å². The van der Waals surface area contributed by atoms with Gasteiger partial charge in [-0.15, -0.1) is 0 Å². The van der Waals surface area contributed by atoms with Crippen LogP contribution in [-0.2, 0) is 0 Å². The first-order chi connectivity index (χ1) is 11.7. The number of rotatable bonds is 12. The molecule has 0 rings (SSSR count). The largest absolute Gasteiger partial charge is 0.0654 e. The Morgan fingerprint density at radius 2 is 0.375 bits per heavy atom. The fourth-order valence-corrected chi connectivity index (χ4v) is 2.03. The highest BCUT2D eigenvalue weighted by molar-refractivity contribution is 4.36. The summed E-state index contributed by atoms with van der Waals surface area (Å²) in [5, 5.41) is 0. The second kappa shape index (κ2) is 43.5. The summed E-state index contributed by atoms with van der Waals surface area (Å²) in [4.78, 5) is 0. The lowest BCUT2D eigenvalue weighted by molar-refractivity contribution is 0.656. The van der Waals surface area contributed by atoms with E-state index in [-0.39, 0.29) is 0 Å². The zero-order valence-electron chi connectivity index (χ0n) is 19.3. The minimum Gasteiger partial charge on any atom is -0.0654 e. The molecule has 152 valence electrons. The molecule has 0 N–H and O–H groups in total. The lowest BCUT2D eigenvalue weighted by Crippen LogP contribution is -1.70. The molecular weight excluding hydrogens is 288 g/mol. The summed E-state index contributed by atoms with van der Waals surface area (Å²) in [6.45, 7) is 17.8. The van der Waals surface area contributed by atoms with Crippen molar-refractivity contribution >= 4 is 0 Å². The molecule has 24 heavy (non-hydrogen) atoms. The van der Waals surface area contributed by atoms with E-state index >= 15 is 0 Å². The third kappa shape index (κ3) is 67.4. The fourth-order valence-electron chi connectivity index (χ4n) is 2.03. The van der Waals surface area contributed by atoms with Crippen LogP contribution in [0.15, 0.2) is 0 Å². The Kier molecular flexibility index (Phi) is 57.5. The van der Waals surface area contributed by atoms with Crippen LogP contribution in [0.3, 0.4) is 0 Å². The maximum absolute atomic E-state index is 2.25. The second-order valence-corrected chi connectivity index (χ2v) is 6.83. The molecule has 0 amide bonds. The highest BCUT2D eigenvalue weighted by atomic mass is 13.9. The van der Waals surface area contributed by atoms with Gasteiger partial charge in [0.05, 0.1) is 0 Å². The highest BCUT2D eigenvalue weighted by Crippen LogP contribution is 2.00. The second-order valence-electron chi connectivity index (χ2n) is 6.83. The van der Waals surface area contributed by atoms with Crippen LogP contribution < -0.4 is 0 Å². The Bertz CT molecular complexity index is 106. The number of hydrogen-bond acceptors (Lipinski definition) is 0. The molecule has 0 aromatic rings. The molecule has 0 unspecified atom stereocenters. The minimum atomic E-state index is 1.34. The first-order valence-corrected chi connectivity index (χ1v) is 11.7. The molecule has 0 radical (unpaired) electrons. The molecular formula is C24H56. The van der Waals surface area contributed by atoms with Crippen molar-refractivity contribution in [1.29, 1.82) is 0 Å². The van der Waals surface area contributed by atoms with Gasteiger partial charge in [-0.1, -0.05) is 158 Å². The molecule has 0 heterocycles. The molecule has 0 aliphatic heterocycles.